The van der Waals surface area contributed by atoms with Crippen molar-refractivity contribution in [1.82, 2.24) is 10.6 Å². The lowest BCUT2D eigenvalue weighted by Crippen LogP contribution is -2.74. The van der Waals surface area contributed by atoms with Crippen molar-refractivity contribution < 1.29 is 38.9 Å². The highest BCUT2D eigenvalue weighted by atomic mass is 35.5. The van der Waals surface area contributed by atoms with Crippen molar-refractivity contribution in [1.29, 1.82) is 0 Å². The van der Waals surface area contributed by atoms with E-state index in [4.69, 9.17) is 16.3 Å². The number of amides is 2. The first kappa shape index (κ1) is 44.0. The third-order valence-corrected chi connectivity index (χ3v) is 21.0. The number of carboxylic acid groups (broad SMARTS) is 1. The van der Waals surface area contributed by atoms with Crippen LogP contribution in [0.15, 0.2) is 35.4 Å². The molecule has 2 unspecified atom stereocenters. The van der Waals surface area contributed by atoms with Gasteiger partial charge in [-0.05, 0) is 158 Å². The number of aliphatic hydroxyl groups excluding tert-OH is 1. The summed E-state index contributed by atoms with van der Waals surface area (Å²) >= 11 is 6.03. The average Bonchev–Trinajstić information content (AvgIpc) is 3.91. The van der Waals surface area contributed by atoms with E-state index in [0.29, 0.717) is 42.2 Å². The van der Waals surface area contributed by atoms with Gasteiger partial charge < -0.3 is 25.6 Å². The molecule has 1 aromatic carbocycles. The molecule has 62 heavy (non-hydrogen) atoms. The Morgan fingerprint density at radius 2 is 1.45 bits per heavy atom. The number of fused-ring (bicyclic) bond motifs is 6. The molecule has 1 aromatic rings. The summed E-state index contributed by atoms with van der Waals surface area (Å²) in [5, 5.41) is 28.6. The molecule has 0 aromatic heterocycles. The molecule has 12 atom stereocenters. The minimum absolute atomic E-state index is 0.00613. The Morgan fingerprint density at radius 1 is 0.806 bits per heavy atom. The smallest absolute Gasteiger partial charge is 0.309 e. The zero-order chi connectivity index (χ0) is 44.8. The number of carbonyl (C=O) groups excluding carboxylic acids is 4. The van der Waals surface area contributed by atoms with Gasteiger partial charge in [0.25, 0.3) is 5.91 Å². The molecule has 0 bridgehead atoms. The van der Waals surface area contributed by atoms with Gasteiger partial charge in [0.2, 0.25) is 5.91 Å². The highest BCUT2D eigenvalue weighted by Crippen LogP contribution is 2.84. The van der Waals surface area contributed by atoms with Gasteiger partial charge in [0, 0.05) is 34.4 Å². The number of halogens is 1. The summed E-state index contributed by atoms with van der Waals surface area (Å²) in [6, 6.07) is 6.56. The first-order valence-electron chi connectivity index (χ1n) is 23.7. The number of carboxylic acids is 1. The van der Waals surface area contributed by atoms with Crippen LogP contribution in [-0.2, 0) is 23.9 Å². The molecule has 4 N–H and O–H groups in total. The van der Waals surface area contributed by atoms with Crippen LogP contribution in [0.2, 0.25) is 5.02 Å². The van der Waals surface area contributed by atoms with E-state index in [0.717, 1.165) is 68.9 Å². The first-order valence-corrected chi connectivity index (χ1v) is 24.1. The van der Waals surface area contributed by atoms with E-state index < -0.39 is 40.3 Å². The third-order valence-electron chi connectivity index (χ3n) is 20.8. The lowest BCUT2D eigenvalue weighted by atomic mass is 9.25. The van der Waals surface area contributed by atoms with Crippen molar-refractivity contribution in [2.24, 2.45) is 67.5 Å². The van der Waals surface area contributed by atoms with Gasteiger partial charge in [0.15, 0.2) is 5.78 Å². The van der Waals surface area contributed by atoms with Crippen molar-refractivity contribution in [2.45, 2.75) is 163 Å². The number of aliphatic carboxylic acids is 1. The summed E-state index contributed by atoms with van der Waals surface area (Å²) in [7, 11) is 0. The van der Waals surface area contributed by atoms with Crippen LogP contribution in [-0.4, -0.2) is 64.0 Å². The number of ketones is 1. The van der Waals surface area contributed by atoms with E-state index >= 15 is 0 Å². The number of rotatable bonds is 10. The van der Waals surface area contributed by atoms with Gasteiger partial charge >= 0.3 is 11.9 Å². The third kappa shape index (κ3) is 5.71. The van der Waals surface area contributed by atoms with E-state index in [1.54, 1.807) is 24.3 Å². The van der Waals surface area contributed by atoms with E-state index in [1.165, 1.54) is 0 Å². The van der Waals surface area contributed by atoms with Crippen LogP contribution in [0, 0.1) is 67.5 Å². The maximum absolute atomic E-state index is 14.3. The van der Waals surface area contributed by atoms with Crippen LogP contribution in [0.4, 0.5) is 0 Å². The van der Waals surface area contributed by atoms with Crippen molar-refractivity contribution in [3.8, 4) is 0 Å². The Balaban J connectivity index is 0.943. The second-order valence-corrected chi connectivity index (χ2v) is 23.8. The Labute approximate surface area is 372 Å². The molecule has 1 spiro atoms. The van der Waals surface area contributed by atoms with Gasteiger partial charge in [0.05, 0.1) is 17.9 Å². The van der Waals surface area contributed by atoms with E-state index in [2.05, 4.69) is 52.2 Å². The number of esters is 1. The zero-order valence-electron chi connectivity index (χ0n) is 38.2. The average molecular weight is 874 g/mol. The maximum atomic E-state index is 14.3. The van der Waals surface area contributed by atoms with Crippen LogP contribution in [0.5, 0.6) is 0 Å². The predicted octanol–water partition coefficient (Wildman–Crippen LogP) is 8.86. The summed E-state index contributed by atoms with van der Waals surface area (Å²) in [6.45, 7) is 18.0. The Kier molecular flexibility index (Phi) is 10.0. The van der Waals surface area contributed by atoms with Crippen LogP contribution >= 0.6 is 11.6 Å². The fourth-order valence-electron chi connectivity index (χ4n) is 16.4. The normalized spacial score (nSPS) is 42.4. The Hall–Kier alpha value is -3.24. The number of Topliss-reactive ketones (excluding diaryl/α,β-unsaturated/α-hetero) is 1. The van der Waals surface area contributed by atoms with Crippen LogP contribution in [0.25, 0.3) is 0 Å². The molecule has 338 valence electrons. The molecule has 2 amide bonds. The monoisotopic (exact) mass is 872 g/mol. The highest BCUT2D eigenvalue weighted by molar-refractivity contribution is 6.30. The number of hydrogen-bond acceptors (Lipinski definition) is 7. The molecule has 8 aliphatic carbocycles. The fourth-order valence-corrected chi connectivity index (χ4v) is 16.6. The minimum atomic E-state index is -1.02. The maximum Gasteiger partial charge on any atom is 0.309 e. The molecule has 11 heteroatoms. The van der Waals surface area contributed by atoms with E-state index in [1.807, 2.05) is 13.8 Å². The molecule has 7 saturated carbocycles. The van der Waals surface area contributed by atoms with Crippen molar-refractivity contribution >= 4 is 41.1 Å². The predicted molar refractivity (Wildman–Crippen MR) is 235 cm³/mol. The van der Waals surface area contributed by atoms with Gasteiger partial charge in [-0.2, -0.15) is 0 Å². The summed E-state index contributed by atoms with van der Waals surface area (Å²) in [6.07, 6.45) is 10.1. The molecule has 8 aliphatic rings. The lowest BCUT2D eigenvalue weighted by molar-refractivity contribution is -0.321. The van der Waals surface area contributed by atoms with Crippen LogP contribution in [0.1, 0.15) is 156 Å². The molecule has 0 aliphatic heterocycles. The minimum Gasteiger partial charge on any atom is -0.481 e. The highest BCUT2D eigenvalue weighted by Gasteiger charge is 2.78. The molecular weight excluding hydrogens is 804 g/mol. The fraction of sp³-hybridized carbons (Fsp3) is 0.745. The van der Waals surface area contributed by atoms with Crippen LogP contribution in [0.3, 0.4) is 0 Å². The lowest BCUT2D eigenvalue weighted by Gasteiger charge is -2.79. The summed E-state index contributed by atoms with van der Waals surface area (Å²) in [5.41, 5.74) is -0.142. The van der Waals surface area contributed by atoms with Gasteiger partial charge in [-0.1, -0.05) is 72.6 Å². The number of aliphatic hydroxyl groups is 1. The number of nitrogens with one attached hydrogen (secondary N) is 2. The standard InChI is InChI=1S/C51H69ClN2O8/c1-28(2)38-34(55)26-49(36(56)27-53-43(61)50(21-22-50)54-40(57)29-9-11-30(52)12-10-29)20-17-45(5)31(39(38)49)13-14-35-46(45,6)18-23-51-24-19-48(51,8)37(15-16-47(35,51)7)62-42(60)33-25-32(41(58)59)44(33,3)4/h9-12,28,31-33,35-37,56H,13-27H2,1-8H3,(H,53,61)(H,54,57)(H,58,59)/t31-,32+,33-,35+,36+,37+,45-,46?,47-,48-,49?,51+/m1/s1. The number of carbonyl (C=O) groups is 5. The number of ether oxygens (including phenoxy) is 1. The van der Waals surface area contributed by atoms with E-state index in [-0.39, 0.29) is 81.5 Å². The molecule has 0 heterocycles. The summed E-state index contributed by atoms with van der Waals surface area (Å²) in [4.78, 5) is 66.8. The number of hydrogen-bond donors (Lipinski definition) is 4. The quantitative estimate of drug-likeness (QED) is 0.170. The van der Waals surface area contributed by atoms with Crippen molar-refractivity contribution in [3.05, 3.63) is 46.0 Å². The zero-order valence-corrected chi connectivity index (χ0v) is 38.9. The number of benzene rings is 1. The van der Waals surface area contributed by atoms with Crippen molar-refractivity contribution in [3.63, 3.8) is 0 Å². The summed E-state index contributed by atoms with van der Waals surface area (Å²) in [5.74, 6) is -1.94. The first-order chi connectivity index (χ1) is 29.0. The molecular formula is C51H69ClN2O8. The largest absolute Gasteiger partial charge is 0.481 e. The molecule has 10 nitrogen and oxygen atoms in total. The SMILES string of the molecule is CC(C)C1=C2[C@H]3CC[C@H]4C(C)(CC[C@@]56CC[C@]5(C)[C@@H](OC(=O)[C@H]5C[C@@H](C(=O)O)C5(C)C)CC[C@]46C)[C@]3(C)CCC2([C@@H](O)CNC(=O)C2(NC(=O)c3ccc(Cl)cc3)CC2)CC1=O. The topological polar surface area (TPSA) is 159 Å². The Bertz CT molecular complexity index is 2140. The second kappa shape index (κ2) is 14.1. The van der Waals surface area contributed by atoms with Crippen LogP contribution < -0.4 is 10.6 Å². The van der Waals surface area contributed by atoms with Crippen molar-refractivity contribution in [2.75, 3.05) is 6.54 Å². The number of allylic oxidation sites excluding steroid dienone is 1. The van der Waals surface area contributed by atoms with Gasteiger partial charge in [-0.25, -0.2) is 0 Å². The van der Waals surface area contributed by atoms with Gasteiger partial charge in [0.1, 0.15) is 11.6 Å². The molecule has 7 fully saturated rings. The van der Waals surface area contributed by atoms with Gasteiger partial charge in [-0.3, -0.25) is 24.0 Å². The Morgan fingerprint density at radius 3 is 2.05 bits per heavy atom. The molecule has 0 radical (unpaired) electrons. The molecule has 0 saturated heterocycles. The van der Waals surface area contributed by atoms with E-state index in [9.17, 15) is 34.2 Å². The molecule has 9 rings (SSSR count). The van der Waals surface area contributed by atoms with Gasteiger partial charge in [-0.15, -0.1) is 0 Å². The summed E-state index contributed by atoms with van der Waals surface area (Å²) < 4.78 is 6.53. The second-order valence-electron chi connectivity index (χ2n) is 23.4.